The van der Waals surface area contributed by atoms with E-state index in [1.807, 2.05) is 37.3 Å². The number of benzene rings is 1. The number of aromatic amines is 1. The Morgan fingerprint density at radius 1 is 1.39 bits per heavy atom. The van der Waals surface area contributed by atoms with Crippen LogP contribution in [0.3, 0.4) is 0 Å². The van der Waals surface area contributed by atoms with Crippen LogP contribution in [0.1, 0.15) is 12.5 Å². The van der Waals surface area contributed by atoms with Gasteiger partial charge in [-0.05, 0) is 12.5 Å². The van der Waals surface area contributed by atoms with E-state index in [9.17, 15) is 0 Å². The molecule has 1 aromatic carbocycles. The van der Waals surface area contributed by atoms with E-state index in [0.29, 0.717) is 23.9 Å². The summed E-state index contributed by atoms with van der Waals surface area (Å²) < 4.78 is 5.55. The Hall–Kier alpha value is -2.19. The summed E-state index contributed by atoms with van der Waals surface area (Å²) in [6, 6.07) is 11.9. The summed E-state index contributed by atoms with van der Waals surface area (Å²) in [5.41, 5.74) is 1.88. The van der Waals surface area contributed by atoms with Crippen molar-refractivity contribution in [3.05, 3.63) is 40.5 Å². The molecule has 0 aliphatic carbocycles. The van der Waals surface area contributed by atoms with Crippen LogP contribution >= 0.6 is 12.2 Å². The molecule has 2 rings (SSSR count). The lowest BCUT2D eigenvalue weighted by molar-refractivity contribution is 0.312. The summed E-state index contributed by atoms with van der Waals surface area (Å²) in [6.45, 7) is 2.34. The van der Waals surface area contributed by atoms with Crippen LogP contribution in [-0.2, 0) is 0 Å². The summed E-state index contributed by atoms with van der Waals surface area (Å²) >= 11 is 5.11. The maximum Gasteiger partial charge on any atom is 0.295 e. The minimum atomic E-state index is 0.249. The highest BCUT2D eigenvalue weighted by atomic mass is 32.1. The van der Waals surface area contributed by atoms with Crippen molar-refractivity contribution < 1.29 is 4.74 Å². The molecule has 90 valence electrons. The highest BCUT2D eigenvalue weighted by molar-refractivity contribution is 7.71. The number of aromatic nitrogens is 2. The Labute approximate surface area is 110 Å². The smallest absolute Gasteiger partial charge is 0.295 e. The fourth-order valence-electron chi connectivity index (χ4n) is 1.58. The molecule has 0 amide bonds. The summed E-state index contributed by atoms with van der Waals surface area (Å²) in [5.74, 6) is 0. The van der Waals surface area contributed by atoms with E-state index in [2.05, 4.69) is 16.0 Å². The van der Waals surface area contributed by atoms with Crippen molar-refractivity contribution >= 4 is 12.2 Å². The molecule has 0 aliphatic rings. The molecule has 5 heteroatoms. The van der Waals surface area contributed by atoms with Gasteiger partial charge in [-0.25, -0.2) is 0 Å². The molecule has 0 saturated heterocycles. The maximum absolute atomic E-state index is 9.16. The molecule has 18 heavy (non-hydrogen) atoms. The quantitative estimate of drug-likeness (QED) is 0.858. The number of rotatable bonds is 3. The standard InChI is InChI=1S/C13H11N3OS/c1-2-17-13-15-11(9-6-4-3-5-7-9)10(8-14)12(18)16-13/h3-7H,2H2,1H3,(H,15,16,18). The topological polar surface area (TPSA) is 61.7 Å². The van der Waals surface area contributed by atoms with Crippen molar-refractivity contribution in [3.8, 4) is 23.3 Å². The molecule has 0 aliphatic heterocycles. The van der Waals surface area contributed by atoms with E-state index in [4.69, 9.17) is 22.2 Å². The van der Waals surface area contributed by atoms with Crippen LogP contribution in [0.25, 0.3) is 11.3 Å². The third kappa shape index (κ3) is 2.39. The van der Waals surface area contributed by atoms with Gasteiger partial charge < -0.3 is 9.72 Å². The number of nitriles is 1. The Kier molecular flexibility index (Phi) is 3.70. The predicted molar refractivity (Wildman–Crippen MR) is 70.7 cm³/mol. The zero-order chi connectivity index (χ0) is 13.0. The van der Waals surface area contributed by atoms with E-state index in [1.165, 1.54) is 0 Å². The molecular formula is C13H11N3OS. The van der Waals surface area contributed by atoms with Gasteiger partial charge in [0, 0.05) is 0 Å². The van der Waals surface area contributed by atoms with Crippen LogP contribution in [0.15, 0.2) is 30.3 Å². The summed E-state index contributed by atoms with van der Waals surface area (Å²) in [5, 5.41) is 9.16. The van der Waals surface area contributed by atoms with E-state index in [-0.39, 0.29) is 4.64 Å². The average Bonchev–Trinajstić information content (AvgIpc) is 2.39. The second-order valence-corrected chi connectivity index (χ2v) is 3.89. The molecule has 1 heterocycles. The van der Waals surface area contributed by atoms with Gasteiger partial charge in [0.1, 0.15) is 11.6 Å². The van der Waals surface area contributed by atoms with Crippen molar-refractivity contribution in [3.63, 3.8) is 0 Å². The van der Waals surface area contributed by atoms with Crippen LogP contribution in [-0.4, -0.2) is 16.6 Å². The monoisotopic (exact) mass is 257 g/mol. The minimum absolute atomic E-state index is 0.249. The number of H-pyrrole nitrogens is 1. The Balaban J connectivity index is 2.65. The fraction of sp³-hybridized carbons (Fsp3) is 0.154. The molecule has 0 radical (unpaired) electrons. The Bertz CT molecular complexity index is 644. The molecule has 0 spiro atoms. The normalized spacial score (nSPS) is 9.78. The number of hydrogen-bond donors (Lipinski definition) is 1. The third-order valence-electron chi connectivity index (χ3n) is 2.35. The van der Waals surface area contributed by atoms with E-state index in [1.54, 1.807) is 0 Å². The van der Waals surface area contributed by atoms with Crippen LogP contribution < -0.4 is 4.74 Å². The summed E-state index contributed by atoms with van der Waals surface area (Å²) in [7, 11) is 0. The van der Waals surface area contributed by atoms with E-state index >= 15 is 0 Å². The molecule has 1 aromatic heterocycles. The Morgan fingerprint density at radius 2 is 2.11 bits per heavy atom. The van der Waals surface area contributed by atoms with Gasteiger partial charge >= 0.3 is 0 Å². The van der Waals surface area contributed by atoms with Gasteiger partial charge in [0.05, 0.1) is 12.3 Å². The highest BCUT2D eigenvalue weighted by Crippen LogP contribution is 2.23. The molecule has 4 nitrogen and oxygen atoms in total. The van der Waals surface area contributed by atoms with Crippen LogP contribution in [0.4, 0.5) is 0 Å². The summed E-state index contributed by atoms with van der Waals surface area (Å²) in [6.07, 6.45) is 0. The minimum Gasteiger partial charge on any atom is -0.465 e. The van der Waals surface area contributed by atoms with Crippen molar-refractivity contribution in [1.82, 2.24) is 9.97 Å². The van der Waals surface area contributed by atoms with Crippen molar-refractivity contribution in [1.29, 1.82) is 5.26 Å². The second kappa shape index (κ2) is 5.43. The molecule has 1 N–H and O–H groups in total. The second-order valence-electron chi connectivity index (χ2n) is 3.51. The molecule has 0 atom stereocenters. The first-order valence-corrected chi connectivity index (χ1v) is 5.89. The number of nitrogens with one attached hydrogen (secondary N) is 1. The van der Waals surface area contributed by atoms with Gasteiger partial charge in [-0.3, -0.25) is 0 Å². The molecule has 0 unspecified atom stereocenters. The van der Waals surface area contributed by atoms with Crippen LogP contribution in [0.5, 0.6) is 6.01 Å². The van der Waals surface area contributed by atoms with Crippen molar-refractivity contribution in [2.24, 2.45) is 0 Å². The van der Waals surface area contributed by atoms with Crippen LogP contribution in [0.2, 0.25) is 0 Å². The van der Waals surface area contributed by atoms with Gasteiger partial charge in [-0.2, -0.15) is 10.2 Å². The van der Waals surface area contributed by atoms with Crippen molar-refractivity contribution in [2.45, 2.75) is 6.92 Å². The molecular weight excluding hydrogens is 246 g/mol. The number of hydrogen-bond acceptors (Lipinski definition) is 4. The fourth-order valence-corrected chi connectivity index (χ4v) is 1.81. The lowest BCUT2D eigenvalue weighted by atomic mass is 10.1. The maximum atomic E-state index is 9.16. The van der Waals surface area contributed by atoms with Crippen molar-refractivity contribution in [2.75, 3.05) is 6.61 Å². The van der Waals surface area contributed by atoms with Gasteiger partial charge in [-0.15, -0.1) is 0 Å². The first-order chi connectivity index (χ1) is 8.76. The highest BCUT2D eigenvalue weighted by Gasteiger charge is 2.10. The lowest BCUT2D eigenvalue weighted by Gasteiger charge is -2.08. The third-order valence-corrected chi connectivity index (χ3v) is 2.65. The van der Waals surface area contributed by atoms with Gasteiger partial charge in [0.2, 0.25) is 0 Å². The van der Waals surface area contributed by atoms with E-state index < -0.39 is 0 Å². The van der Waals surface area contributed by atoms with E-state index in [0.717, 1.165) is 5.56 Å². The average molecular weight is 257 g/mol. The van der Waals surface area contributed by atoms with Gasteiger partial charge in [-0.1, -0.05) is 42.5 Å². The molecule has 0 bridgehead atoms. The Morgan fingerprint density at radius 3 is 2.72 bits per heavy atom. The largest absolute Gasteiger partial charge is 0.465 e. The summed E-state index contributed by atoms with van der Waals surface area (Å²) in [4.78, 5) is 7.03. The lowest BCUT2D eigenvalue weighted by Crippen LogP contribution is -2.01. The predicted octanol–water partition coefficient (Wildman–Crippen LogP) is 3.08. The van der Waals surface area contributed by atoms with Gasteiger partial charge in [0.25, 0.3) is 6.01 Å². The zero-order valence-electron chi connectivity index (χ0n) is 9.80. The number of nitrogens with zero attached hydrogens (tertiary/aromatic N) is 2. The van der Waals surface area contributed by atoms with Gasteiger partial charge in [0.15, 0.2) is 4.64 Å². The molecule has 0 saturated carbocycles. The van der Waals surface area contributed by atoms with Crippen LogP contribution in [0, 0.1) is 16.0 Å². The first kappa shape index (κ1) is 12.3. The number of ether oxygens (including phenoxy) is 1. The SMILES string of the molecule is CCOc1nc(=S)c(C#N)c(-c2ccccc2)[nH]1. The molecule has 0 fully saturated rings. The molecule has 2 aromatic rings. The zero-order valence-corrected chi connectivity index (χ0v) is 10.6. The first-order valence-electron chi connectivity index (χ1n) is 5.49.